The van der Waals surface area contributed by atoms with Crippen molar-refractivity contribution in [3.05, 3.63) is 88.5 Å². The van der Waals surface area contributed by atoms with Gasteiger partial charge in [0.25, 0.3) is 5.56 Å². The van der Waals surface area contributed by atoms with Gasteiger partial charge in [0.2, 0.25) is 5.91 Å². The van der Waals surface area contributed by atoms with Gasteiger partial charge in [-0.3, -0.25) is 9.59 Å². The summed E-state index contributed by atoms with van der Waals surface area (Å²) in [6.45, 7) is 2.72. The molecule has 4 rings (SSSR count). The average Bonchev–Trinajstić information content (AvgIpc) is 3.28. The molecule has 0 spiro atoms. The predicted octanol–water partition coefficient (Wildman–Crippen LogP) is 4.29. The Morgan fingerprint density at radius 2 is 1.77 bits per heavy atom. The summed E-state index contributed by atoms with van der Waals surface area (Å²) in [5, 5.41) is 7.11. The number of aryl methyl sites for hydroxylation is 1. The molecule has 0 saturated heterocycles. The van der Waals surface area contributed by atoms with Gasteiger partial charge in [-0.05, 0) is 55.0 Å². The van der Waals surface area contributed by atoms with E-state index in [2.05, 4.69) is 10.4 Å². The minimum absolute atomic E-state index is 0.0383. The maximum Gasteiger partial charge on any atom is 0.416 e. The number of nitrogens with zero attached hydrogens (tertiary/aromatic N) is 3. The number of carbonyl (C=O) groups excluding carboxylic acids is 1. The van der Waals surface area contributed by atoms with Crippen LogP contribution in [0.3, 0.4) is 0 Å². The molecule has 0 aliphatic heterocycles. The van der Waals surface area contributed by atoms with E-state index in [4.69, 9.17) is 4.74 Å². The van der Waals surface area contributed by atoms with Gasteiger partial charge in [-0.2, -0.15) is 18.3 Å². The van der Waals surface area contributed by atoms with E-state index in [-0.39, 0.29) is 31.0 Å². The smallest absolute Gasteiger partial charge is 0.416 e. The van der Waals surface area contributed by atoms with Gasteiger partial charge in [0.15, 0.2) is 0 Å². The molecular weight excluding hydrogens is 461 g/mol. The van der Waals surface area contributed by atoms with Gasteiger partial charge in [-0.15, -0.1) is 0 Å². The minimum atomic E-state index is -4.40. The SMILES string of the molecule is CCOc1ccc(-c2cc3c(=O)n(CCC(=O)NCc4ccc(C(F)(F)F)cc4)ccn3n2)cc1. The Balaban J connectivity index is 1.38. The third kappa shape index (κ3) is 5.71. The van der Waals surface area contributed by atoms with Crippen molar-refractivity contribution in [2.45, 2.75) is 32.6 Å². The van der Waals surface area contributed by atoms with E-state index in [1.807, 2.05) is 31.2 Å². The van der Waals surface area contributed by atoms with Crippen molar-refractivity contribution >= 4 is 11.4 Å². The molecule has 4 aromatic rings. The normalized spacial score (nSPS) is 11.5. The molecule has 1 amide bonds. The van der Waals surface area contributed by atoms with Crippen LogP contribution in [0.2, 0.25) is 0 Å². The molecule has 2 heterocycles. The summed E-state index contributed by atoms with van der Waals surface area (Å²) in [6, 6.07) is 13.7. The van der Waals surface area contributed by atoms with Crippen LogP contribution in [0.15, 0.2) is 71.8 Å². The Hall–Kier alpha value is -4.08. The van der Waals surface area contributed by atoms with Crippen molar-refractivity contribution in [3.8, 4) is 17.0 Å². The Morgan fingerprint density at radius 1 is 1.06 bits per heavy atom. The molecule has 0 fully saturated rings. The van der Waals surface area contributed by atoms with Crippen molar-refractivity contribution in [2.75, 3.05) is 6.61 Å². The molecule has 0 radical (unpaired) electrons. The van der Waals surface area contributed by atoms with Gasteiger partial charge in [0.05, 0.1) is 17.9 Å². The molecule has 0 aliphatic carbocycles. The highest BCUT2D eigenvalue weighted by molar-refractivity contribution is 5.75. The second-order valence-electron chi connectivity index (χ2n) is 7.83. The molecule has 1 N–H and O–H groups in total. The van der Waals surface area contributed by atoms with Crippen LogP contribution in [0.25, 0.3) is 16.8 Å². The summed E-state index contributed by atoms with van der Waals surface area (Å²) >= 11 is 0. The fourth-order valence-electron chi connectivity index (χ4n) is 3.55. The fraction of sp³-hybridized carbons (Fsp3) is 0.240. The first kappa shape index (κ1) is 24.1. The van der Waals surface area contributed by atoms with Crippen LogP contribution in [0, 0.1) is 0 Å². The van der Waals surface area contributed by atoms with Crippen LogP contribution in [0.1, 0.15) is 24.5 Å². The van der Waals surface area contributed by atoms with Gasteiger partial charge in [0.1, 0.15) is 11.3 Å². The first-order chi connectivity index (χ1) is 16.7. The second kappa shape index (κ2) is 10.0. The Labute approximate surface area is 198 Å². The van der Waals surface area contributed by atoms with E-state index in [0.29, 0.717) is 23.4 Å². The van der Waals surface area contributed by atoms with E-state index in [0.717, 1.165) is 23.4 Å². The van der Waals surface area contributed by atoms with E-state index in [1.54, 1.807) is 18.5 Å². The maximum atomic E-state index is 12.9. The molecule has 35 heavy (non-hydrogen) atoms. The number of halogens is 3. The Bertz CT molecular complexity index is 1370. The number of ether oxygens (including phenoxy) is 1. The monoisotopic (exact) mass is 484 g/mol. The van der Waals surface area contributed by atoms with Crippen molar-refractivity contribution in [1.82, 2.24) is 19.5 Å². The number of nitrogens with one attached hydrogen (secondary N) is 1. The zero-order valence-corrected chi connectivity index (χ0v) is 18.9. The number of benzene rings is 2. The molecule has 182 valence electrons. The average molecular weight is 484 g/mol. The summed E-state index contributed by atoms with van der Waals surface area (Å²) < 4.78 is 46.3. The van der Waals surface area contributed by atoms with Gasteiger partial charge >= 0.3 is 6.18 Å². The van der Waals surface area contributed by atoms with Gasteiger partial charge in [-0.25, -0.2) is 4.52 Å². The first-order valence-corrected chi connectivity index (χ1v) is 11.0. The number of aromatic nitrogens is 3. The highest BCUT2D eigenvalue weighted by atomic mass is 19.4. The number of hydrogen-bond donors (Lipinski definition) is 1. The van der Waals surface area contributed by atoms with Crippen LogP contribution in [-0.2, 0) is 24.1 Å². The van der Waals surface area contributed by atoms with Crippen molar-refractivity contribution < 1.29 is 22.7 Å². The van der Waals surface area contributed by atoms with Gasteiger partial charge in [-0.1, -0.05) is 12.1 Å². The molecule has 0 aliphatic rings. The quantitative estimate of drug-likeness (QED) is 0.405. The Morgan fingerprint density at radius 3 is 2.43 bits per heavy atom. The van der Waals surface area contributed by atoms with E-state index in [1.165, 1.54) is 21.2 Å². The highest BCUT2D eigenvalue weighted by Gasteiger charge is 2.29. The van der Waals surface area contributed by atoms with Crippen LogP contribution in [-0.4, -0.2) is 26.7 Å². The molecule has 7 nitrogen and oxygen atoms in total. The summed E-state index contributed by atoms with van der Waals surface area (Å²) in [5.41, 5.74) is 1.37. The first-order valence-electron chi connectivity index (χ1n) is 11.0. The fourth-order valence-corrected chi connectivity index (χ4v) is 3.55. The minimum Gasteiger partial charge on any atom is -0.494 e. The number of hydrogen-bond acceptors (Lipinski definition) is 4. The molecule has 10 heteroatoms. The zero-order valence-electron chi connectivity index (χ0n) is 18.9. The third-order valence-corrected chi connectivity index (χ3v) is 5.42. The lowest BCUT2D eigenvalue weighted by Gasteiger charge is -2.09. The number of amides is 1. The number of carbonyl (C=O) groups is 1. The molecule has 2 aromatic carbocycles. The van der Waals surface area contributed by atoms with Crippen LogP contribution < -0.4 is 15.6 Å². The number of fused-ring (bicyclic) bond motifs is 1. The lowest BCUT2D eigenvalue weighted by molar-refractivity contribution is -0.137. The molecule has 0 unspecified atom stereocenters. The molecule has 0 saturated carbocycles. The van der Waals surface area contributed by atoms with Crippen LogP contribution >= 0.6 is 0 Å². The summed E-state index contributed by atoms with van der Waals surface area (Å²) in [4.78, 5) is 25.1. The third-order valence-electron chi connectivity index (χ3n) is 5.42. The summed E-state index contributed by atoms with van der Waals surface area (Å²) in [7, 11) is 0. The summed E-state index contributed by atoms with van der Waals surface area (Å²) in [5.74, 6) is 0.430. The van der Waals surface area contributed by atoms with Crippen molar-refractivity contribution in [1.29, 1.82) is 0 Å². The summed E-state index contributed by atoms with van der Waals surface area (Å²) in [6.07, 6.45) is -1.15. The standard InChI is InChI=1S/C25H23F3N4O3/c1-2-35-20-9-5-18(6-10-20)21-15-22-24(34)31(13-14-32(22)30-21)12-11-23(33)29-16-17-3-7-19(8-4-17)25(26,27)28/h3-10,13-15H,2,11-12,16H2,1H3,(H,29,33). The molecule has 0 bridgehead atoms. The number of rotatable bonds is 8. The van der Waals surface area contributed by atoms with Crippen molar-refractivity contribution in [2.24, 2.45) is 0 Å². The maximum absolute atomic E-state index is 12.9. The number of alkyl halides is 3. The highest BCUT2D eigenvalue weighted by Crippen LogP contribution is 2.29. The van der Waals surface area contributed by atoms with Gasteiger partial charge < -0.3 is 14.6 Å². The predicted molar refractivity (Wildman–Crippen MR) is 124 cm³/mol. The van der Waals surface area contributed by atoms with Crippen LogP contribution in [0.4, 0.5) is 13.2 Å². The van der Waals surface area contributed by atoms with Crippen LogP contribution in [0.5, 0.6) is 5.75 Å². The van der Waals surface area contributed by atoms with Crippen molar-refractivity contribution in [3.63, 3.8) is 0 Å². The topological polar surface area (TPSA) is 77.6 Å². The molecule has 2 aromatic heterocycles. The largest absolute Gasteiger partial charge is 0.494 e. The Kier molecular flexibility index (Phi) is 6.90. The molecular formula is C25H23F3N4O3. The lowest BCUT2D eigenvalue weighted by atomic mass is 10.1. The lowest BCUT2D eigenvalue weighted by Crippen LogP contribution is -2.27. The van der Waals surface area contributed by atoms with Gasteiger partial charge in [0, 0.05) is 37.5 Å². The second-order valence-corrected chi connectivity index (χ2v) is 7.83. The van der Waals surface area contributed by atoms with E-state index in [9.17, 15) is 22.8 Å². The van der Waals surface area contributed by atoms with E-state index < -0.39 is 11.7 Å². The molecule has 0 atom stereocenters. The zero-order chi connectivity index (χ0) is 25.0. The van der Waals surface area contributed by atoms with E-state index >= 15 is 0 Å².